The summed E-state index contributed by atoms with van der Waals surface area (Å²) < 4.78 is 26.3. The van der Waals surface area contributed by atoms with Gasteiger partial charge in [-0.3, -0.25) is 9.59 Å². The minimum absolute atomic E-state index is 0.339. The third kappa shape index (κ3) is 9.65. The lowest BCUT2D eigenvalue weighted by Gasteiger charge is -2.03. The van der Waals surface area contributed by atoms with E-state index in [-0.39, 0.29) is 0 Å². The molecule has 0 atom stereocenters. The van der Waals surface area contributed by atoms with E-state index in [1.165, 1.54) is 18.2 Å². The molecule has 0 aromatic heterocycles. The van der Waals surface area contributed by atoms with E-state index in [9.17, 15) is 18.4 Å². The van der Waals surface area contributed by atoms with E-state index in [1.807, 2.05) is 0 Å². The van der Waals surface area contributed by atoms with Gasteiger partial charge in [0.05, 0.1) is 10.0 Å². The molecular formula is C21H19BrF2O2Si. The van der Waals surface area contributed by atoms with Gasteiger partial charge in [0.1, 0.15) is 32.3 Å². The highest BCUT2D eigenvalue weighted by molar-refractivity contribution is 9.10. The lowest BCUT2D eigenvalue weighted by atomic mass is 10.1. The van der Waals surface area contributed by atoms with E-state index in [2.05, 4.69) is 59.9 Å². The van der Waals surface area contributed by atoms with E-state index in [0.29, 0.717) is 33.7 Å². The summed E-state index contributed by atoms with van der Waals surface area (Å²) in [5.74, 6) is 1.99. The lowest BCUT2D eigenvalue weighted by Crippen LogP contribution is -2.16. The van der Waals surface area contributed by atoms with Crippen molar-refractivity contribution >= 4 is 36.6 Å². The second-order valence-electron chi connectivity index (χ2n) is 6.15. The smallest absolute Gasteiger partial charge is 0.150 e. The van der Waals surface area contributed by atoms with Crippen LogP contribution in [0, 0.1) is 35.9 Å². The number of halogens is 3. The molecule has 0 saturated carbocycles. The van der Waals surface area contributed by atoms with Crippen molar-refractivity contribution in [3.63, 3.8) is 0 Å². The number of terminal acetylenes is 1. The minimum Gasteiger partial charge on any atom is -0.298 e. The van der Waals surface area contributed by atoms with Crippen LogP contribution in [0.3, 0.4) is 0 Å². The van der Waals surface area contributed by atoms with E-state index in [0.717, 1.165) is 0 Å². The number of hydrogen-bond donors (Lipinski definition) is 0. The maximum atomic E-state index is 13.4. The fourth-order valence-corrected chi connectivity index (χ4v) is 2.30. The monoisotopic (exact) mass is 448 g/mol. The molecule has 2 aromatic carbocycles. The summed E-state index contributed by atoms with van der Waals surface area (Å²) in [5.41, 5.74) is 4.13. The molecule has 0 aliphatic carbocycles. The standard InChI is InChI=1S/C12H13FOSi.C7H4BrFO.C2H2/c1-15(2,3)7-6-11-5-4-10(9-14)8-12(11)13;8-6-2-1-5(4-10)3-7(6)9;1-2/h4-5,8-9H,1-3H3;1-4H;1-2H. The van der Waals surface area contributed by atoms with Gasteiger partial charge in [-0.15, -0.1) is 18.4 Å². The maximum absolute atomic E-state index is 13.4. The Morgan fingerprint density at radius 2 is 1.41 bits per heavy atom. The van der Waals surface area contributed by atoms with E-state index in [1.54, 1.807) is 18.2 Å². The van der Waals surface area contributed by atoms with Crippen LogP contribution in [0.2, 0.25) is 19.6 Å². The molecule has 0 heterocycles. The molecule has 0 amide bonds. The van der Waals surface area contributed by atoms with Crippen LogP contribution in [0.15, 0.2) is 40.9 Å². The Kier molecular flexibility index (Phi) is 10.8. The zero-order valence-corrected chi connectivity index (χ0v) is 17.8. The van der Waals surface area contributed by atoms with Crippen LogP contribution < -0.4 is 0 Å². The van der Waals surface area contributed by atoms with Crippen molar-refractivity contribution in [2.45, 2.75) is 19.6 Å². The number of rotatable bonds is 2. The van der Waals surface area contributed by atoms with Crippen molar-refractivity contribution in [1.82, 2.24) is 0 Å². The highest BCUT2D eigenvalue weighted by atomic mass is 79.9. The van der Waals surface area contributed by atoms with Gasteiger partial charge in [-0.2, -0.15) is 0 Å². The first-order valence-electron chi connectivity index (χ1n) is 7.68. The second-order valence-corrected chi connectivity index (χ2v) is 11.8. The van der Waals surface area contributed by atoms with Crippen molar-refractivity contribution < 1.29 is 18.4 Å². The summed E-state index contributed by atoms with van der Waals surface area (Å²) in [4.78, 5) is 20.5. The number of benzene rings is 2. The predicted octanol–water partition coefficient (Wildman–Crippen LogP) is 5.52. The normalized spacial score (nSPS) is 9.33. The molecule has 0 fully saturated rings. The van der Waals surface area contributed by atoms with Crippen molar-refractivity contribution in [2.75, 3.05) is 0 Å². The van der Waals surface area contributed by atoms with Crippen LogP contribution in [0.1, 0.15) is 26.3 Å². The molecule has 2 nitrogen and oxygen atoms in total. The van der Waals surface area contributed by atoms with Crippen LogP contribution in [-0.2, 0) is 0 Å². The van der Waals surface area contributed by atoms with Gasteiger partial charge in [0.15, 0.2) is 0 Å². The van der Waals surface area contributed by atoms with Crippen molar-refractivity contribution in [3.8, 4) is 24.3 Å². The van der Waals surface area contributed by atoms with Crippen LogP contribution in [-0.4, -0.2) is 20.6 Å². The third-order valence-corrected chi connectivity index (χ3v) is 4.30. The molecule has 0 aliphatic heterocycles. The molecule has 27 heavy (non-hydrogen) atoms. The van der Waals surface area contributed by atoms with Gasteiger partial charge in [-0.25, -0.2) is 8.78 Å². The molecule has 0 spiro atoms. The molecule has 2 rings (SSSR count). The van der Waals surface area contributed by atoms with E-state index < -0.39 is 19.7 Å². The predicted molar refractivity (Wildman–Crippen MR) is 111 cm³/mol. The van der Waals surface area contributed by atoms with Crippen LogP contribution >= 0.6 is 15.9 Å². The van der Waals surface area contributed by atoms with E-state index in [4.69, 9.17) is 0 Å². The van der Waals surface area contributed by atoms with Gasteiger partial charge in [-0.1, -0.05) is 37.7 Å². The van der Waals surface area contributed by atoms with Crippen molar-refractivity contribution in [1.29, 1.82) is 0 Å². The zero-order valence-electron chi connectivity index (χ0n) is 15.2. The quantitative estimate of drug-likeness (QED) is 0.344. The van der Waals surface area contributed by atoms with Gasteiger partial charge >= 0.3 is 0 Å². The molecule has 2 aromatic rings. The van der Waals surface area contributed by atoms with Crippen LogP contribution in [0.25, 0.3) is 0 Å². The fraction of sp³-hybridized carbons (Fsp3) is 0.143. The molecule has 0 unspecified atom stereocenters. The Morgan fingerprint density at radius 1 is 0.926 bits per heavy atom. The Morgan fingerprint density at radius 3 is 1.81 bits per heavy atom. The highest BCUT2D eigenvalue weighted by Crippen LogP contribution is 2.15. The number of carbonyl (C=O) groups is 2. The Bertz CT molecular complexity index is 875. The summed E-state index contributed by atoms with van der Waals surface area (Å²) in [6, 6.07) is 8.55. The number of aldehydes is 2. The van der Waals surface area contributed by atoms with Crippen LogP contribution in [0.5, 0.6) is 0 Å². The maximum Gasteiger partial charge on any atom is 0.150 e. The number of carbonyl (C=O) groups excluding carboxylic acids is 2. The topological polar surface area (TPSA) is 34.1 Å². The summed E-state index contributed by atoms with van der Waals surface area (Å²) in [6.07, 6.45) is 9.23. The first-order valence-corrected chi connectivity index (χ1v) is 12.0. The Balaban J connectivity index is 0.000000488. The van der Waals surface area contributed by atoms with Gasteiger partial charge in [0.25, 0.3) is 0 Å². The Hall–Kier alpha value is -2.54. The highest BCUT2D eigenvalue weighted by Gasteiger charge is 2.08. The van der Waals surface area contributed by atoms with Gasteiger partial charge in [-0.05, 0) is 40.2 Å². The van der Waals surface area contributed by atoms with Gasteiger partial charge < -0.3 is 0 Å². The minimum atomic E-state index is -1.48. The molecule has 0 saturated heterocycles. The molecular weight excluding hydrogens is 430 g/mol. The summed E-state index contributed by atoms with van der Waals surface area (Å²) in [7, 11) is -1.48. The molecule has 0 radical (unpaired) electrons. The largest absolute Gasteiger partial charge is 0.298 e. The average molecular weight is 449 g/mol. The first-order chi connectivity index (χ1) is 12.7. The molecule has 0 N–H and O–H groups in total. The lowest BCUT2D eigenvalue weighted by molar-refractivity contribution is 0.111. The summed E-state index contributed by atoms with van der Waals surface area (Å²) in [6.45, 7) is 6.28. The van der Waals surface area contributed by atoms with Crippen LogP contribution in [0.4, 0.5) is 8.78 Å². The van der Waals surface area contributed by atoms with Gasteiger partial charge in [0.2, 0.25) is 0 Å². The number of hydrogen-bond acceptors (Lipinski definition) is 2. The zero-order chi connectivity index (χ0) is 21.0. The first kappa shape index (κ1) is 24.5. The average Bonchev–Trinajstić information content (AvgIpc) is 2.64. The third-order valence-electron chi connectivity index (χ3n) is 2.78. The Labute approximate surface area is 168 Å². The fourth-order valence-electron chi connectivity index (χ4n) is 1.55. The van der Waals surface area contributed by atoms with Crippen molar-refractivity contribution in [2.24, 2.45) is 0 Å². The van der Waals surface area contributed by atoms with Crippen molar-refractivity contribution in [3.05, 3.63) is 69.2 Å². The molecule has 140 valence electrons. The SMILES string of the molecule is C#C.C[Si](C)(C)C#Cc1ccc(C=O)cc1F.O=Cc1ccc(Br)c(F)c1. The summed E-state index contributed by atoms with van der Waals surface area (Å²) in [5, 5.41) is 0. The van der Waals surface area contributed by atoms with E-state index >= 15 is 0 Å². The summed E-state index contributed by atoms with van der Waals surface area (Å²) >= 11 is 2.97. The molecule has 6 heteroatoms. The molecule has 0 bridgehead atoms. The molecule has 0 aliphatic rings. The van der Waals surface area contributed by atoms with Gasteiger partial charge in [0, 0.05) is 11.1 Å². The second kappa shape index (κ2) is 12.0.